The van der Waals surface area contributed by atoms with Crippen molar-refractivity contribution >= 4 is 28.3 Å². The number of nitrogens with zero attached hydrogens (tertiary/aromatic N) is 1. The van der Waals surface area contributed by atoms with Crippen LogP contribution in [0, 0.1) is 10.5 Å². The molecule has 1 rings (SSSR count). The first kappa shape index (κ1) is 13.5. The minimum absolute atomic E-state index is 0.364. The Morgan fingerprint density at radius 3 is 2.62 bits per heavy atom. The monoisotopic (exact) mass is 331 g/mol. The van der Waals surface area contributed by atoms with Gasteiger partial charge < -0.3 is 5.11 Å². The predicted molar refractivity (Wildman–Crippen MR) is 77.5 cm³/mol. The van der Waals surface area contributed by atoms with E-state index in [0.29, 0.717) is 5.75 Å². The Morgan fingerprint density at radius 2 is 2.06 bits per heavy atom. The highest BCUT2D eigenvalue weighted by atomic mass is 127. The Bertz CT molecular complexity index is 399. The van der Waals surface area contributed by atoms with Gasteiger partial charge in [0.15, 0.2) is 0 Å². The van der Waals surface area contributed by atoms with Gasteiger partial charge in [0, 0.05) is 17.8 Å². The number of benzene rings is 1. The highest BCUT2D eigenvalue weighted by Crippen LogP contribution is 2.27. The van der Waals surface area contributed by atoms with Gasteiger partial charge in [-0.25, -0.2) is 0 Å². The number of phenolic OH excluding ortho intramolecular Hbond substituents is 1. The molecule has 1 aromatic carbocycles. The van der Waals surface area contributed by atoms with E-state index in [0.717, 1.165) is 39.8 Å². The van der Waals surface area contributed by atoms with E-state index in [4.69, 9.17) is 0 Å². The van der Waals surface area contributed by atoms with E-state index >= 15 is 0 Å². The van der Waals surface area contributed by atoms with Gasteiger partial charge in [0.2, 0.25) is 0 Å². The van der Waals surface area contributed by atoms with E-state index in [9.17, 15) is 5.11 Å². The quantitative estimate of drug-likeness (QED) is 0.658. The summed E-state index contributed by atoms with van der Waals surface area (Å²) in [6.07, 6.45) is 1.89. The summed E-state index contributed by atoms with van der Waals surface area (Å²) in [5, 5.41) is 10.0. The number of rotatable bonds is 4. The minimum Gasteiger partial charge on any atom is -0.506 e. The van der Waals surface area contributed by atoms with Crippen LogP contribution in [0.1, 0.15) is 37.8 Å². The highest BCUT2D eigenvalue weighted by Gasteiger charge is 2.10. The molecule has 0 aliphatic rings. The number of aliphatic imine (C=N–C) groups is 1. The van der Waals surface area contributed by atoms with Crippen LogP contribution >= 0.6 is 22.6 Å². The second-order valence-corrected chi connectivity index (χ2v) is 4.99. The Morgan fingerprint density at radius 1 is 1.38 bits per heavy atom. The maximum absolute atomic E-state index is 10.0. The van der Waals surface area contributed by atoms with Crippen LogP contribution in [-0.2, 0) is 0 Å². The van der Waals surface area contributed by atoms with Crippen LogP contribution in [0.15, 0.2) is 17.1 Å². The lowest BCUT2D eigenvalue weighted by atomic mass is 10.0. The molecule has 16 heavy (non-hydrogen) atoms. The highest BCUT2D eigenvalue weighted by molar-refractivity contribution is 14.1. The molecule has 88 valence electrons. The molecule has 0 aliphatic carbocycles. The van der Waals surface area contributed by atoms with Crippen molar-refractivity contribution in [2.75, 3.05) is 6.54 Å². The van der Waals surface area contributed by atoms with E-state index in [1.165, 1.54) is 0 Å². The van der Waals surface area contributed by atoms with Crippen molar-refractivity contribution in [2.24, 2.45) is 4.99 Å². The van der Waals surface area contributed by atoms with Gasteiger partial charge in [-0.2, -0.15) is 0 Å². The normalized spacial score (nSPS) is 11.9. The zero-order valence-electron chi connectivity index (χ0n) is 10.0. The van der Waals surface area contributed by atoms with Gasteiger partial charge in [-0.05, 0) is 60.1 Å². The summed E-state index contributed by atoms with van der Waals surface area (Å²) in [6, 6.07) is 3.99. The van der Waals surface area contributed by atoms with Crippen molar-refractivity contribution in [1.82, 2.24) is 0 Å². The smallest absolute Gasteiger partial charge is 0.137 e. The molecule has 0 unspecified atom stereocenters. The predicted octanol–water partition coefficient (Wildman–Crippen LogP) is 3.91. The standard InChI is InChI=1S/C13H18INO/c1-4-6-15-12(5-2)10-7-9(3)8-11(14)13(10)16/h7-8,16H,4-6H2,1-3H3. The molecule has 2 nitrogen and oxygen atoms in total. The number of aromatic hydroxyl groups is 1. The molecule has 0 aliphatic heterocycles. The van der Waals surface area contributed by atoms with Gasteiger partial charge in [0.05, 0.1) is 3.57 Å². The van der Waals surface area contributed by atoms with Gasteiger partial charge in [0.1, 0.15) is 5.75 Å². The van der Waals surface area contributed by atoms with Crippen molar-refractivity contribution in [2.45, 2.75) is 33.6 Å². The second kappa shape index (κ2) is 6.23. The molecular weight excluding hydrogens is 313 g/mol. The molecule has 0 saturated heterocycles. The van der Waals surface area contributed by atoms with E-state index < -0.39 is 0 Å². The van der Waals surface area contributed by atoms with Crippen molar-refractivity contribution in [3.8, 4) is 5.75 Å². The summed E-state index contributed by atoms with van der Waals surface area (Å²) >= 11 is 2.16. The fourth-order valence-electron chi connectivity index (χ4n) is 1.59. The Balaban J connectivity index is 3.19. The molecule has 0 aromatic heterocycles. The lowest BCUT2D eigenvalue weighted by Gasteiger charge is -2.10. The summed E-state index contributed by atoms with van der Waals surface area (Å²) in [6.45, 7) is 7.05. The van der Waals surface area contributed by atoms with Crippen molar-refractivity contribution in [1.29, 1.82) is 0 Å². The molecular formula is C13H18INO. The van der Waals surface area contributed by atoms with Gasteiger partial charge in [0.25, 0.3) is 0 Å². The minimum atomic E-state index is 0.364. The number of hydrogen-bond acceptors (Lipinski definition) is 2. The lowest BCUT2D eigenvalue weighted by molar-refractivity contribution is 0.470. The largest absolute Gasteiger partial charge is 0.506 e. The summed E-state index contributed by atoms with van der Waals surface area (Å²) < 4.78 is 0.894. The fourth-order valence-corrected chi connectivity index (χ4v) is 2.37. The SMILES string of the molecule is CCCN=C(CC)c1cc(C)cc(I)c1O. The first-order valence-corrected chi connectivity index (χ1v) is 6.70. The average molecular weight is 331 g/mol. The maximum atomic E-state index is 10.0. The van der Waals surface area contributed by atoms with Crippen LogP contribution in [0.4, 0.5) is 0 Å². The molecule has 0 fully saturated rings. The number of phenols is 1. The Hall–Kier alpha value is -0.580. The van der Waals surface area contributed by atoms with Gasteiger partial charge in [-0.3, -0.25) is 4.99 Å². The summed E-state index contributed by atoms with van der Waals surface area (Å²) in [7, 11) is 0. The third-order valence-corrected chi connectivity index (χ3v) is 3.20. The first-order valence-electron chi connectivity index (χ1n) is 5.62. The van der Waals surface area contributed by atoms with E-state index in [2.05, 4.69) is 41.4 Å². The molecule has 0 amide bonds. The second-order valence-electron chi connectivity index (χ2n) is 3.82. The van der Waals surface area contributed by atoms with E-state index in [-0.39, 0.29) is 0 Å². The summed E-state index contributed by atoms with van der Waals surface area (Å²) in [5.41, 5.74) is 3.05. The zero-order valence-corrected chi connectivity index (χ0v) is 12.2. The molecule has 0 saturated carbocycles. The molecule has 1 aromatic rings. The molecule has 0 atom stereocenters. The Kier molecular flexibility index (Phi) is 5.25. The molecule has 0 bridgehead atoms. The van der Waals surface area contributed by atoms with Crippen molar-refractivity contribution < 1.29 is 5.11 Å². The molecule has 3 heteroatoms. The molecule has 0 radical (unpaired) electrons. The van der Waals surface area contributed by atoms with Crippen LogP contribution in [0.5, 0.6) is 5.75 Å². The summed E-state index contributed by atoms with van der Waals surface area (Å²) in [4.78, 5) is 4.53. The zero-order chi connectivity index (χ0) is 12.1. The van der Waals surface area contributed by atoms with Crippen LogP contribution in [-0.4, -0.2) is 17.4 Å². The maximum Gasteiger partial charge on any atom is 0.137 e. The molecule has 0 heterocycles. The van der Waals surface area contributed by atoms with Crippen molar-refractivity contribution in [3.05, 3.63) is 26.8 Å². The van der Waals surface area contributed by atoms with Crippen LogP contribution in [0.2, 0.25) is 0 Å². The summed E-state index contributed by atoms with van der Waals surface area (Å²) in [5.74, 6) is 0.364. The number of halogens is 1. The van der Waals surface area contributed by atoms with E-state index in [1.54, 1.807) is 0 Å². The van der Waals surface area contributed by atoms with Gasteiger partial charge in [-0.15, -0.1) is 0 Å². The molecule has 1 N–H and O–H groups in total. The van der Waals surface area contributed by atoms with Crippen LogP contribution in [0.3, 0.4) is 0 Å². The van der Waals surface area contributed by atoms with Gasteiger partial charge >= 0.3 is 0 Å². The van der Waals surface area contributed by atoms with Crippen LogP contribution < -0.4 is 0 Å². The van der Waals surface area contributed by atoms with E-state index in [1.807, 2.05) is 19.1 Å². The number of aryl methyl sites for hydroxylation is 1. The Labute approximate surface area is 111 Å². The first-order chi connectivity index (χ1) is 7.60. The van der Waals surface area contributed by atoms with Gasteiger partial charge in [-0.1, -0.05) is 13.8 Å². The lowest BCUT2D eigenvalue weighted by Crippen LogP contribution is -2.02. The number of hydrogen-bond donors (Lipinski definition) is 1. The molecule has 0 spiro atoms. The topological polar surface area (TPSA) is 32.6 Å². The van der Waals surface area contributed by atoms with Crippen LogP contribution in [0.25, 0.3) is 0 Å². The third-order valence-electron chi connectivity index (χ3n) is 2.38. The average Bonchev–Trinajstić information content (AvgIpc) is 2.25. The fraction of sp³-hybridized carbons (Fsp3) is 0.462. The third kappa shape index (κ3) is 3.20. The van der Waals surface area contributed by atoms with Crippen molar-refractivity contribution in [3.63, 3.8) is 0 Å².